The first-order valence-electron chi connectivity index (χ1n) is 6.34. The second-order valence-electron chi connectivity index (χ2n) is 5.16. The minimum absolute atomic E-state index is 0.0620. The SMILES string of the molecule is COc1ccc(C(O[P+](=O)O)(C(C)C)C(C)C)cc1. The molecule has 1 atom stereocenters. The number of methoxy groups -OCH3 is 1. The Labute approximate surface area is 115 Å². The van der Waals surface area contributed by atoms with Crippen LogP contribution in [-0.4, -0.2) is 12.0 Å². The molecule has 0 aliphatic carbocycles. The van der Waals surface area contributed by atoms with Crippen LogP contribution in [-0.2, 0) is 14.7 Å². The average Bonchev–Trinajstić information content (AvgIpc) is 2.35. The second kappa shape index (κ2) is 6.47. The first-order valence-corrected chi connectivity index (χ1v) is 7.47. The summed E-state index contributed by atoms with van der Waals surface area (Å²) in [7, 11) is -1.06. The molecule has 1 aromatic carbocycles. The van der Waals surface area contributed by atoms with E-state index < -0.39 is 13.9 Å². The highest BCUT2D eigenvalue weighted by atomic mass is 31.1. The van der Waals surface area contributed by atoms with Crippen LogP contribution in [0.4, 0.5) is 0 Å². The predicted octanol–water partition coefficient (Wildman–Crippen LogP) is 3.87. The number of hydrogen-bond acceptors (Lipinski definition) is 3. The van der Waals surface area contributed by atoms with Crippen molar-refractivity contribution in [2.45, 2.75) is 33.3 Å². The van der Waals surface area contributed by atoms with E-state index in [9.17, 15) is 9.46 Å². The molecule has 0 heterocycles. The van der Waals surface area contributed by atoms with E-state index in [2.05, 4.69) is 0 Å². The molecule has 0 fully saturated rings. The summed E-state index contributed by atoms with van der Waals surface area (Å²) < 4.78 is 21.8. The maximum atomic E-state index is 11.2. The Bertz CT molecular complexity index is 418. The van der Waals surface area contributed by atoms with Gasteiger partial charge in [0.05, 0.1) is 7.11 Å². The number of ether oxygens (including phenoxy) is 1. The van der Waals surface area contributed by atoms with Gasteiger partial charge in [0.1, 0.15) is 5.75 Å². The van der Waals surface area contributed by atoms with E-state index in [0.717, 1.165) is 11.3 Å². The molecule has 106 valence electrons. The molecule has 4 nitrogen and oxygen atoms in total. The largest absolute Gasteiger partial charge is 0.695 e. The van der Waals surface area contributed by atoms with Gasteiger partial charge in [-0.05, 0) is 29.5 Å². The maximum absolute atomic E-state index is 11.2. The minimum atomic E-state index is -2.67. The average molecular weight is 285 g/mol. The summed E-state index contributed by atoms with van der Waals surface area (Å²) in [5.41, 5.74) is 0.102. The van der Waals surface area contributed by atoms with Crippen LogP contribution in [0.15, 0.2) is 24.3 Å². The highest BCUT2D eigenvalue weighted by molar-refractivity contribution is 7.32. The van der Waals surface area contributed by atoms with Crippen molar-refractivity contribution in [2.75, 3.05) is 7.11 Å². The van der Waals surface area contributed by atoms with E-state index in [1.54, 1.807) is 7.11 Å². The van der Waals surface area contributed by atoms with Crippen molar-refractivity contribution in [1.29, 1.82) is 0 Å². The fourth-order valence-electron chi connectivity index (χ4n) is 2.58. The third-order valence-corrected chi connectivity index (χ3v) is 3.94. The van der Waals surface area contributed by atoms with Gasteiger partial charge in [0.25, 0.3) is 0 Å². The van der Waals surface area contributed by atoms with Crippen molar-refractivity contribution in [3.63, 3.8) is 0 Å². The van der Waals surface area contributed by atoms with Gasteiger partial charge >= 0.3 is 8.25 Å². The fourth-order valence-corrected chi connectivity index (χ4v) is 3.36. The van der Waals surface area contributed by atoms with Crippen molar-refractivity contribution in [3.8, 4) is 5.75 Å². The smallest absolute Gasteiger partial charge is 0.497 e. The number of rotatable bonds is 6. The Balaban J connectivity index is 3.31. The fraction of sp³-hybridized carbons (Fsp3) is 0.571. The quantitative estimate of drug-likeness (QED) is 0.806. The monoisotopic (exact) mass is 285 g/mol. The Morgan fingerprint density at radius 1 is 1.11 bits per heavy atom. The second-order valence-corrected chi connectivity index (χ2v) is 5.82. The lowest BCUT2D eigenvalue weighted by Crippen LogP contribution is -2.39. The van der Waals surface area contributed by atoms with Crippen LogP contribution < -0.4 is 4.74 Å². The Morgan fingerprint density at radius 3 is 1.89 bits per heavy atom. The molecule has 1 N–H and O–H groups in total. The predicted molar refractivity (Wildman–Crippen MR) is 75.3 cm³/mol. The van der Waals surface area contributed by atoms with Crippen molar-refractivity contribution in [1.82, 2.24) is 0 Å². The summed E-state index contributed by atoms with van der Waals surface area (Å²) in [6.45, 7) is 7.96. The molecule has 0 saturated heterocycles. The molecular weight excluding hydrogens is 263 g/mol. The van der Waals surface area contributed by atoms with E-state index in [1.807, 2.05) is 52.0 Å². The Hall–Kier alpha value is -0.960. The minimum Gasteiger partial charge on any atom is -0.497 e. The summed E-state index contributed by atoms with van der Waals surface area (Å²) >= 11 is 0. The van der Waals surface area contributed by atoms with E-state index >= 15 is 0 Å². The standard InChI is InChI=1S/C14H21O4P/c1-10(2)14(11(3)4,18-19(15)16)12-6-8-13(17-5)9-7-12/h6-11H,1-5H3/p+1. The highest BCUT2D eigenvalue weighted by Crippen LogP contribution is 2.46. The van der Waals surface area contributed by atoms with Gasteiger partial charge in [-0.2, -0.15) is 0 Å². The first kappa shape index (κ1) is 16.1. The molecule has 1 aromatic rings. The van der Waals surface area contributed by atoms with Crippen molar-refractivity contribution < 1.29 is 18.7 Å². The first-order chi connectivity index (χ1) is 8.84. The lowest BCUT2D eigenvalue weighted by molar-refractivity contribution is -0.0285. The molecule has 0 aliphatic rings. The topological polar surface area (TPSA) is 55.8 Å². The molecule has 0 spiro atoms. The Morgan fingerprint density at radius 2 is 1.58 bits per heavy atom. The van der Waals surface area contributed by atoms with Crippen molar-refractivity contribution in [2.24, 2.45) is 11.8 Å². The van der Waals surface area contributed by atoms with E-state index in [0.29, 0.717) is 0 Å². The van der Waals surface area contributed by atoms with E-state index in [-0.39, 0.29) is 11.8 Å². The number of benzene rings is 1. The third kappa shape index (κ3) is 3.33. The summed E-state index contributed by atoms with van der Waals surface area (Å²) in [6.07, 6.45) is 0. The normalized spacial score (nSPS) is 12.9. The highest BCUT2D eigenvalue weighted by Gasteiger charge is 2.47. The van der Waals surface area contributed by atoms with Gasteiger partial charge in [-0.15, -0.1) is 9.42 Å². The molecule has 0 saturated carbocycles. The van der Waals surface area contributed by atoms with Gasteiger partial charge in [0, 0.05) is 4.57 Å². The lowest BCUT2D eigenvalue weighted by atomic mass is 9.75. The molecule has 1 rings (SSSR count). The zero-order valence-electron chi connectivity index (χ0n) is 12.1. The molecule has 5 heteroatoms. The van der Waals surface area contributed by atoms with Crippen LogP contribution in [0.1, 0.15) is 33.3 Å². The molecule has 0 amide bonds. The van der Waals surface area contributed by atoms with Gasteiger partial charge in [0.2, 0.25) is 0 Å². The van der Waals surface area contributed by atoms with Crippen molar-refractivity contribution >= 4 is 8.25 Å². The molecule has 1 unspecified atom stereocenters. The molecule has 0 bridgehead atoms. The van der Waals surface area contributed by atoms with Crippen LogP contribution in [0.25, 0.3) is 0 Å². The zero-order chi connectivity index (χ0) is 14.6. The lowest BCUT2D eigenvalue weighted by Gasteiger charge is -2.35. The van der Waals surface area contributed by atoms with Crippen LogP contribution in [0.2, 0.25) is 0 Å². The maximum Gasteiger partial charge on any atom is 0.695 e. The van der Waals surface area contributed by atoms with E-state index in [4.69, 9.17) is 9.26 Å². The summed E-state index contributed by atoms with van der Waals surface area (Å²) in [5, 5.41) is 0. The molecular formula is C14H22O4P+. The van der Waals surface area contributed by atoms with Gasteiger partial charge in [-0.3, -0.25) is 0 Å². The molecule has 0 radical (unpaired) electrons. The van der Waals surface area contributed by atoms with Gasteiger partial charge < -0.3 is 4.74 Å². The van der Waals surface area contributed by atoms with E-state index in [1.165, 1.54) is 0 Å². The molecule has 0 aromatic heterocycles. The van der Waals surface area contributed by atoms with Crippen molar-refractivity contribution in [3.05, 3.63) is 29.8 Å². The van der Waals surface area contributed by atoms with Crippen LogP contribution in [0.3, 0.4) is 0 Å². The Kier molecular flexibility index (Phi) is 5.48. The molecule has 0 aliphatic heterocycles. The van der Waals surface area contributed by atoms with Crippen LogP contribution in [0, 0.1) is 11.8 Å². The summed E-state index contributed by atoms with van der Waals surface area (Å²) in [5.74, 6) is 0.873. The van der Waals surface area contributed by atoms with Gasteiger partial charge in [-0.1, -0.05) is 39.8 Å². The van der Waals surface area contributed by atoms with Crippen LogP contribution >= 0.6 is 8.25 Å². The number of hydrogen-bond donors (Lipinski definition) is 1. The zero-order valence-corrected chi connectivity index (χ0v) is 13.0. The summed E-state index contributed by atoms with van der Waals surface area (Å²) in [4.78, 5) is 9.21. The van der Waals surface area contributed by atoms with Gasteiger partial charge in [-0.25, -0.2) is 0 Å². The van der Waals surface area contributed by atoms with Crippen LogP contribution in [0.5, 0.6) is 5.75 Å². The molecule has 19 heavy (non-hydrogen) atoms. The van der Waals surface area contributed by atoms with Gasteiger partial charge in [0.15, 0.2) is 5.60 Å². The third-order valence-electron chi connectivity index (χ3n) is 3.49. The summed E-state index contributed by atoms with van der Waals surface area (Å²) in [6, 6.07) is 7.45.